The summed E-state index contributed by atoms with van der Waals surface area (Å²) in [6.45, 7) is 23.5. The number of carbonyl (C=O) groups excluding carboxylic acids is 1. The number of carbonyl (C=O) groups is 1. The molecule has 2 aromatic carbocycles. The Labute approximate surface area is 272 Å². The van der Waals surface area contributed by atoms with Gasteiger partial charge in [0.05, 0.1) is 5.41 Å². The molecule has 0 fully saturated rings. The number of rotatable bonds is 7. The molecule has 0 aromatic heterocycles. The highest BCUT2D eigenvalue weighted by Gasteiger charge is 2.53. The Kier molecular flexibility index (Phi) is 10.2. The van der Waals surface area contributed by atoms with Crippen LogP contribution in [0.3, 0.4) is 0 Å². The standard InChI is InChI=1S/C38H47N3O.C2H7N/c1-22-14-15-32(29-13-11-12-28(19-29)27(6)41(10)17-16-40(8)9)33-21-30-20-31-18-23(2)35(26(5)39)37(42)38(31,7)25(4)36(30)24(3)34(22)33;1-3-2/h11-15,19,30-31H,3,5-6,16-18,20-21,39H2,1-2,4,7-10H3;3H,1-2H3/t30?,31-,38+;/m1./s1. The Morgan fingerprint density at radius 2 is 1.71 bits per heavy atom. The molecule has 0 saturated heterocycles. The average Bonchev–Trinajstić information content (AvgIpc) is 2.97. The number of nitrogens with one attached hydrogen (secondary N) is 1. The van der Waals surface area contributed by atoms with Crippen LogP contribution in [0.1, 0.15) is 55.9 Å². The molecular weight excluding hydrogens is 552 g/mol. The van der Waals surface area contributed by atoms with Crippen molar-refractivity contribution in [2.24, 2.45) is 23.0 Å². The second-order valence-corrected chi connectivity index (χ2v) is 13.8. The molecule has 3 aliphatic carbocycles. The van der Waals surface area contributed by atoms with Crippen LogP contribution in [-0.2, 0) is 11.2 Å². The first kappa shape index (κ1) is 34.2. The Bertz CT molecular complexity index is 1610. The number of allylic oxidation sites excluding steroid dienone is 5. The van der Waals surface area contributed by atoms with E-state index in [4.69, 9.17) is 12.3 Å². The zero-order chi connectivity index (χ0) is 33.4. The lowest BCUT2D eigenvalue weighted by Crippen LogP contribution is -2.47. The summed E-state index contributed by atoms with van der Waals surface area (Å²) < 4.78 is 0. The van der Waals surface area contributed by atoms with Crippen LogP contribution in [0.15, 0.2) is 84.1 Å². The molecule has 5 heteroatoms. The summed E-state index contributed by atoms with van der Waals surface area (Å²) in [6, 6.07) is 13.3. The Morgan fingerprint density at radius 3 is 2.33 bits per heavy atom. The van der Waals surface area contributed by atoms with Crippen molar-refractivity contribution in [3.8, 4) is 11.1 Å². The molecule has 0 radical (unpaired) electrons. The van der Waals surface area contributed by atoms with Crippen LogP contribution >= 0.6 is 0 Å². The fraction of sp³-hybridized carbons (Fsp3) is 0.425. The number of fused-ring (bicyclic) bond motifs is 3. The van der Waals surface area contributed by atoms with E-state index < -0.39 is 5.41 Å². The van der Waals surface area contributed by atoms with E-state index in [2.05, 4.69) is 114 Å². The molecule has 1 unspecified atom stereocenters. The van der Waals surface area contributed by atoms with Crippen molar-refractivity contribution in [3.05, 3.63) is 106 Å². The first-order valence-corrected chi connectivity index (χ1v) is 16.2. The van der Waals surface area contributed by atoms with Gasteiger partial charge in [-0.25, -0.2) is 0 Å². The van der Waals surface area contributed by atoms with Crippen molar-refractivity contribution in [3.63, 3.8) is 0 Å². The quantitative estimate of drug-likeness (QED) is 0.348. The van der Waals surface area contributed by atoms with E-state index in [-0.39, 0.29) is 11.7 Å². The van der Waals surface area contributed by atoms with Crippen molar-refractivity contribution in [1.29, 1.82) is 0 Å². The number of hydrogen-bond donors (Lipinski definition) is 2. The molecule has 3 aliphatic rings. The van der Waals surface area contributed by atoms with E-state index in [1.807, 2.05) is 14.1 Å². The molecule has 3 N–H and O–H groups in total. The molecule has 3 atom stereocenters. The SMILES string of the molecule is C=C(N)C1=C(C)C[C@@H]2CC3Cc4c(-c5cccc(C(=C)N(C)CCN(C)C)c5)ccc(C)c4C(=C)C3=C(C)[C@]2(C)C1=O.CNC. The lowest BCUT2D eigenvalue weighted by molar-refractivity contribution is -0.126. The number of benzene rings is 2. The van der Waals surface area contributed by atoms with Gasteiger partial charge in [0.2, 0.25) is 0 Å². The van der Waals surface area contributed by atoms with Gasteiger partial charge < -0.3 is 20.9 Å². The van der Waals surface area contributed by atoms with Crippen LogP contribution in [0.25, 0.3) is 22.4 Å². The predicted octanol–water partition coefficient (Wildman–Crippen LogP) is 7.25. The Balaban J connectivity index is 0.00000148. The normalized spacial score (nSPS) is 22.4. The van der Waals surface area contributed by atoms with E-state index in [1.165, 1.54) is 39.0 Å². The molecular formula is C40H54N4O. The van der Waals surface area contributed by atoms with Gasteiger partial charge in [0.1, 0.15) is 0 Å². The summed E-state index contributed by atoms with van der Waals surface area (Å²) in [4.78, 5) is 18.4. The number of ketones is 1. The van der Waals surface area contributed by atoms with Gasteiger partial charge in [-0.05, 0) is 138 Å². The molecule has 0 spiro atoms. The third-order valence-electron chi connectivity index (χ3n) is 10.4. The number of nitrogens with zero attached hydrogens (tertiary/aromatic N) is 2. The van der Waals surface area contributed by atoms with Crippen molar-refractivity contribution < 1.29 is 4.79 Å². The van der Waals surface area contributed by atoms with Crippen LogP contribution < -0.4 is 11.1 Å². The van der Waals surface area contributed by atoms with Crippen LogP contribution in [0.2, 0.25) is 0 Å². The second kappa shape index (κ2) is 13.4. The molecule has 2 aromatic rings. The fourth-order valence-electron chi connectivity index (χ4n) is 7.86. The van der Waals surface area contributed by atoms with Gasteiger partial charge >= 0.3 is 0 Å². The predicted molar refractivity (Wildman–Crippen MR) is 193 cm³/mol. The van der Waals surface area contributed by atoms with Gasteiger partial charge in [0.15, 0.2) is 5.78 Å². The number of aryl methyl sites for hydroxylation is 1. The minimum Gasteiger partial charge on any atom is -0.399 e. The highest BCUT2D eigenvalue weighted by atomic mass is 16.1. The number of nitrogens with two attached hydrogens (primary N) is 1. The Morgan fingerprint density at radius 1 is 1.04 bits per heavy atom. The average molecular weight is 607 g/mol. The number of likely N-dealkylation sites (N-methyl/N-ethyl adjacent to an activating group) is 2. The fourth-order valence-corrected chi connectivity index (χ4v) is 7.86. The molecule has 0 saturated carbocycles. The number of hydrogen-bond acceptors (Lipinski definition) is 5. The number of Topliss-reactive ketones (excluding diaryl/α,β-unsaturated/α-hetero) is 1. The van der Waals surface area contributed by atoms with Gasteiger partial charge in [-0.3, -0.25) is 4.79 Å². The van der Waals surface area contributed by atoms with Crippen molar-refractivity contribution >= 4 is 17.1 Å². The first-order valence-electron chi connectivity index (χ1n) is 16.2. The van der Waals surface area contributed by atoms with Crippen LogP contribution in [0.4, 0.5) is 0 Å². The van der Waals surface area contributed by atoms with E-state index in [1.54, 1.807) is 0 Å². The first-order chi connectivity index (χ1) is 21.2. The largest absolute Gasteiger partial charge is 0.399 e. The maximum atomic E-state index is 14.0. The van der Waals surface area contributed by atoms with E-state index in [0.717, 1.165) is 54.8 Å². The van der Waals surface area contributed by atoms with E-state index in [9.17, 15) is 4.79 Å². The van der Waals surface area contributed by atoms with Gasteiger partial charge in [-0.1, -0.05) is 61.2 Å². The molecule has 0 amide bonds. The lowest BCUT2D eigenvalue weighted by Gasteiger charge is -2.50. The third-order valence-corrected chi connectivity index (χ3v) is 10.4. The van der Waals surface area contributed by atoms with Crippen molar-refractivity contribution in [1.82, 2.24) is 15.1 Å². The molecule has 45 heavy (non-hydrogen) atoms. The topological polar surface area (TPSA) is 61.6 Å². The molecule has 5 rings (SSSR count). The monoisotopic (exact) mass is 606 g/mol. The third kappa shape index (κ3) is 6.13. The summed E-state index contributed by atoms with van der Waals surface area (Å²) in [5, 5.41) is 2.75. The van der Waals surface area contributed by atoms with Crippen LogP contribution in [-0.4, -0.2) is 63.9 Å². The highest BCUT2D eigenvalue weighted by Crippen LogP contribution is 2.59. The smallest absolute Gasteiger partial charge is 0.175 e. The minimum atomic E-state index is -0.581. The summed E-state index contributed by atoms with van der Waals surface area (Å²) >= 11 is 0. The van der Waals surface area contributed by atoms with E-state index >= 15 is 0 Å². The maximum absolute atomic E-state index is 14.0. The van der Waals surface area contributed by atoms with E-state index in [0.29, 0.717) is 17.2 Å². The van der Waals surface area contributed by atoms with Crippen molar-refractivity contribution in [2.75, 3.05) is 48.3 Å². The zero-order valence-corrected chi connectivity index (χ0v) is 29.2. The highest BCUT2D eigenvalue weighted by molar-refractivity contribution is 6.07. The summed E-state index contributed by atoms with van der Waals surface area (Å²) in [5.74, 6) is 0.708. The molecule has 0 bridgehead atoms. The Hall–Kier alpha value is -3.67. The van der Waals surface area contributed by atoms with Gasteiger partial charge in [0, 0.05) is 37.1 Å². The van der Waals surface area contributed by atoms with Gasteiger partial charge in [-0.2, -0.15) is 0 Å². The minimum absolute atomic E-state index is 0.129. The summed E-state index contributed by atoms with van der Waals surface area (Å²) in [6.07, 6.45) is 2.79. The second-order valence-electron chi connectivity index (χ2n) is 13.8. The maximum Gasteiger partial charge on any atom is 0.175 e. The summed E-state index contributed by atoms with van der Waals surface area (Å²) in [7, 11) is 10.1. The molecule has 240 valence electrons. The van der Waals surface area contributed by atoms with Crippen LogP contribution in [0, 0.1) is 24.2 Å². The van der Waals surface area contributed by atoms with Crippen LogP contribution in [0.5, 0.6) is 0 Å². The summed E-state index contributed by atoms with van der Waals surface area (Å²) in [5.41, 5.74) is 19.7. The molecule has 0 heterocycles. The lowest BCUT2D eigenvalue weighted by atomic mass is 9.52. The van der Waals surface area contributed by atoms with Crippen molar-refractivity contribution in [2.45, 2.75) is 47.0 Å². The van der Waals surface area contributed by atoms with Gasteiger partial charge in [0.25, 0.3) is 0 Å². The molecule has 0 aliphatic heterocycles. The zero-order valence-electron chi connectivity index (χ0n) is 29.2. The molecule has 5 nitrogen and oxygen atoms in total. The van der Waals surface area contributed by atoms with Gasteiger partial charge in [-0.15, -0.1) is 0 Å².